The molecule has 1 heterocycles. The average Bonchev–Trinajstić information content (AvgIpc) is 2.81. The van der Waals surface area contributed by atoms with Crippen LogP contribution in [0.5, 0.6) is 0 Å². The number of carbonyl (C=O) groups is 1. The molecular weight excluding hydrogens is 254 g/mol. The summed E-state index contributed by atoms with van der Waals surface area (Å²) < 4.78 is 6.96. The Kier molecular flexibility index (Phi) is 6.75. The number of carbonyl (C=O) groups excluding carboxylic acids is 1. The first-order valence-corrected chi connectivity index (χ1v) is 7.13. The van der Waals surface area contributed by atoms with Gasteiger partial charge in [-0.25, -0.2) is 0 Å². The van der Waals surface area contributed by atoms with Crippen molar-refractivity contribution in [1.29, 1.82) is 0 Å². The highest BCUT2D eigenvalue weighted by atomic mass is 16.5. The fraction of sp³-hybridized carbons (Fsp3) is 0.667. The van der Waals surface area contributed by atoms with E-state index < -0.39 is 0 Å². The summed E-state index contributed by atoms with van der Waals surface area (Å²) in [4.78, 5) is 12.0. The standard InChI is InChI=1S/C15H27N3O2/c1-5-15(2,3)17-14(19)12-18-9-6-7-13(18)11-16-8-10-20-4/h6-7,9,16H,5,8,10-12H2,1-4H3,(H,17,19). The molecule has 0 aliphatic carbocycles. The van der Waals surface area contributed by atoms with E-state index in [-0.39, 0.29) is 11.4 Å². The summed E-state index contributed by atoms with van der Waals surface area (Å²) in [6.45, 7) is 8.73. The number of nitrogens with one attached hydrogen (secondary N) is 2. The Morgan fingerprint density at radius 2 is 2.20 bits per heavy atom. The molecule has 0 aliphatic heterocycles. The van der Waals surface area contributed by atoms with Gasteiger partial charge in [0.05, 0.1) is 6.61 Å². The summed E-state index contributed by atoms with van der Waals surface area (Å²) in [6, 6.07) is 3.99. The van der Waals surface area contributed by atoms with E-state index >= 15 is 0 Å². The zero-order valence-corrected chi connectivity index (χ0v) is 13.0. The minimum Gasteiger partial charge on any atom is -0.383 e. The van der Waals surface area contributed by atoms with Crippen LogP contribution in [0.15, 0.2) is 18.3 Å². The summed E-state index contributed by atoms with van der Waals surface area (Å²) in [6.07, 6.45) is 2.85. The minimum atomic E-state index is -0.152. The monoisotopic (exact) mass is 281 g/mol. The smallest absolute Gasteiger partial charge is 0.240 e. The van der Waals surface area contributed by atoms with Crippen LogP contribution in [0, 0.1) is 0 Å². The lowest BCUT2D eigenvalue weighted by molar-refractivity contribution is -0.123. The molecule has 114 valence electrons. The Bertz CT molecular complexity index is 413. The third-order valence-electron chi connectivity index (χ3n) is 3.39. The van der Waals surface area contributed by atoms with E-state index in [9.17, 15) is 4.79 Å². The van der Waals surface area contributed by atoms with Crippen LogP contribution in [-0.2, 0) is 22.6 Å². The number of amides is 1. The third kappa shape index (κ3) is 5.75. The Labute approximate surface area is 121 Å². The van der Waals surface area contributed by atoms with Crippen LogP contribution in [0.2, 0.25) is 0 Å². The average molecular weight is 281 g/mol. The molecule has 0 fully saturated rings. The molecule has 0 atom stereocenters. The van der Waals surface area contributed by atoms with E-state index in [2.05, 4.69) is 17.6 Å². The Hall–Kier alpha value is -1.33. The van der Waals surface area contributed by atoms with Crippen molar-refractivity contribution in [2.75, 3.05) is 20.3 Å². The molecule has 0 bridgehead atoms. The summed E-state index contributed by atoms with van der Waals surface area (Å²) >= 11 is 0. The van der Waals surface area contributed by atoms with Gasteiger partial charge in [0.25, 0.3) is 0 Å². The summed E-state index contributed by atoms with van der Waals surface area (Å²) in [5.41, 5.74) is 0.951. The van der Waals surface area contributed by atoms with Gasteiger partial charge in [-0.15, -0.1) is 0 Å². The summed E-state index contributed by atoms with van der Waals surface area (Å²) in [5.74, 6) is 0.0474. The van der Waals surface area contributed by atoms with Crippen molar-refractivity contribution in [3.8, 4) is 0 Å². The van der Waals surface area contributed by atoms with Crippen molar-refractivity contribution >= 4 is 5.91 Å². The van der Waals surface area contributed by atoms with Crippen LogP contribution in [0.4, 0.5) is 0 Å². The molecular formula is C15H27N3O2. The first kappa shape index (κ1) is 16.7. The molecule has 2 N–H and O–H groups in total. The highest BCUT2D eigenvalue weighted by Gasteiger charge is 2.18. The van der Waals surface area contributed by atoms with Crippen molar-refractivity contribution in [3.63, 3.8) is 0 Å². The molecule has 20 heavy (non-hydrogen) atoms. The maximum absolute atomic E-state index is 12.0. The molecule has 0 aromatic carbocycles. The van der Waals surface area contributed by atoms with Gasteiger partial charge in [0.1, 0.15) is 6.54 Å². The van der Waals surface area contributed by atoms with Crippen LogP contribution < -0.4 is 10.6 Å². The Morgan fingerprint density at radius 1 is 1.45 bits per heavy atom. The van der Waals surface area contributed by atoms with Crippen LogP contribution in [0.25, 0.3) is 0 Å². The largest absolute Gasteiger partial charge is 0.383 e. The number of hydrogen-bond donors (Lipinski definition) is 2. The van der Waals surface area contributed by atoms with Gasteiger partial charge in [0.2, 0.25) is 5.91 Å². The quantitative estimate of drug-likeness (QED) is 0.675. The molecule has 0 aliphatic rings. The van der Waals surface area contributed by atoms with Gasteiger partial charge in [-0.05, 0) is 32.4 Å². The van der Waals surface area contributed by atoms with E-state index in [1.165, 1.54) is 0 Å². The predicted octanol–water partition coefficient (Wildman–Crippen LogP) is 1.53. The van der Waals surface area contributed by atoms with Crippen LogP contribution in [0.3, 0.4) is 0 Å². The van der Waals surface area contributed by atoms with E-state index in [4.69, 9.17) is 4.74 Å². The van der Waals surface area contributed by atoms with Crippen molar-refractivity contribution < 1.29 is 9.53 Å². The molecule has 5 nitrogen and oxygen atoms in total. The lowest BCUT2D eigenvalue weighted by Gasteiger charge is -2.24. The first-order chi connectivity index (χ1) is 9.48. The number of rotatable bonds is 9. The third-order valence-corrected chi connectivity index (χ3v) is 3.39. The number of nitrogens with zero attached hydrogens (tertiary/aromatic N) is 1. The number of hydrogen-bond acceptors (Lipinski definition) is 3. The topological polar surface area (TPSA) is 55.3 Å². The molecule has 0 radical (unpaired) electrons. The van der Waals surface area contributed by atoms with Gasteiger partial charge in [-0.2, -0.15) is 0 Å². The fourth-order valence-corrected chi connectivity index (χ4v) is 1.81. The molecule has 0 spiro atoms. The summed E-state index contributed by atoms with van der Waals surface area (Å²) in [7, 11) is 1.68. The number of aromatic nitrogens is 1. The minimum absolute atomic E-state index is 0.0474. The highest BCUT2D eigenvalue weighted by molar-refractivity contribution is 5.76. The second-order valence-corrected chi connectivity index (χ2v) is 5.58. The van der Waals surface area contributed by atoms with Gasteiger partial charge in [0, 0.05) is 37.6 Å². The van der Waals surface area contributed by atoms with Gasteiger partial charge < -0.3 is 19.9 Å². The lowest BCUT2D eigenvalue weighted by atomic mass is 10.0. The van der Waals surface area contributed by atoms with Crippen LogP contribution >= 0.6 is 0 Å². The molecule has 0 unspecified atom stereocenters. The number of methoxy groups -OCH3 is 1. The predicted molar refractivity (Wildman–Crippen MR) is 80.5 cm³/mol. The van der Waals surface area contributed by atoms with Crippen LogP contribution in [0.1, 0.15) is 32.9 Å². The fourth-order valence-electron chi connectivity index (χ4n) is 1.81. The zero-order chi connectivity index (χ0) is 15.0. The molecule has 1 rings (SSSR count). The second-order valence-electron chi connectivity index (χ2n) is 5.58. The zero-order valence-electron chi connectivity index (χ0n) is 13.0. The van der Waals surface area contributed by atoms with Crippen molar-refractivity contribution in [1.82, 2.24) is 15.2 Å². The van der Waals surface area contributed by atoms with E-state index in [0.29, 0.717) is 13.2 Å². The first-order valence-electron chi connectivity index (χ1n) is 7.13. The second kappa shape index (κ2) is 8.07. The maximum atomic E-state index is 12.0. The van der Waals surface area contributed by atoms with Gasteiger partial charge in [-0.3, -0.25) is 4.79 Å². The molecule has 0 saturated carbocycles. The molecule has 5 heteroatoms. The normalized spacial score (nSPS) is 11.6. The lowest BCUT2D eigenvalue weighted by Crippen LogP contribution is -2.44. The highest BCUT2D eigenvalue weighted by Crippen LogP contribution is 2.08. The van der Waals surface area contributed by atoms with E-state index in [0.717, 1.165) is 25.2 Å². The SMILES string of the molecule is CCC(C)(C)NC(=O)Cn1cccc1CNCCOC. The van der Waals surface area contributed by atoms with Gasteiger partial charge in [-0.1, -0.05) is 6.92 Å². The molecule has 0 saturated heterocycles. The van der Waals surface area contributed by atoms with Gasteiger partial charge >= 0.3 is 0 Å². The van der Waals surface area contributed by atoms with Crippen molar-refractivity contribution in [3.05, 3.63) is 24.0 Å². The Balaban J connectivity index is 2.48. The van der Waals surface area contributed by atoms with Crippen LogP contribution in [-0.4, -0.2) is 36.3 Å². The maximum Gasteiger partial charge on any atom is 0.240 e. The molecule has 1 aromatic heterocycles. The van der Waals surface area contributed by atoms with Gasteiger partial charge in [0.15, 0.2) is 0 Å². The molecule has 1 aromatic rings. The van der Waals surface area contributed by atoms with Crippen molar-refractivity contribution in [2.24, 2.45) is 0 Å². The number of ether oxygens (including phenoxy) is 1. The van der Waals surface area contributed by atoms with Crippen molar-refractivity contribution in [2.45, 2.75) is 45.8 Å². The van der Waals surface area contributed by atoms with E-state index in [1.54, 1.807) is 7.11 Å². The molecule has 1 amide bonds. The Morgan fingerprint density at radius 3 is 2.85 bits per heavy atom. The van der Waals surface area contributed by atoms with E-state index in [1.807, 2.05) is 36.7 Å². The summed E-state index contributed by atoms with van der Waals surface area (Å²) in [5, 5.41) is 6.33.